The van der Waals surface area contributed by atoms with E-state index in [1.54, 1.807) is 0 Å². The first-order chi connectivity index (χ1) is 36.5. The van der Waals surface area contributed by atoms with Crippen LogP contribution in [0.4, 0.5) is 0 Å². The van der Waals surface area contributed by atoms with E-state index in [0.717, 1.165) is 7.11 Å². The van der Waals surface area contributed by atoms with Crippen LogP contribution in [0.3, 0.4) is 0 Å². The minimum Gasteiger partial charge on any atom is -0.726 e. The molecular weight excluding hydrogens is 1380 g/mol. The van der Waals surface area contributed by atoms with Gasteiger partial charge in [-0.1, -0.05) is 0 Å². The second-order valence-electron chi connectivity index (χ2n) is 16.7. The van der Waals surface area contributed by atoms with Crippen molar-refractivity contribution in [3.8, 4) is 0 Å². The van der Waals surface area contributed by atoms with Crippen molar-refractivity contribution >= 4 is 65.9 Å². The van der Waals surface area contributed by atoms with Crippen LogP contribution in [-0.2, 0) is 129 Å². The molecule has 0 saturated carbocycles. The molecule has 0 amide bonds. The van der Waals surface area contributed by atoms with E-state index >= 15 is 0 Å². The number of nitrogens with two attached hydrogens (primary N) is 3. The smallest absolute Gasteiger partial charge is 0.726 e. The van der Waals surface area contributed by atoms with Gasteiger partial charge in [-0.25, -0.2) is 33.7 Å². The molecule has 0 spiro atoms. The molecule has 0 aromatic heterocycles. The molecule has 0 radical (unpaired) electrons. The van der Waals surface area contributed by atoms with Crippen molar-refractivity contribution < 1.29 is 392 Å². The van der Waals surface area contributed by atoms with Crippen LogP contribution in [0.1, 0.15) is 0 Å². The van der Waals surface area contributed by atoms with Gasteiger partial charge >= 0.3 is 207 Å². The van der Waals surface area contributed by atoms with Crippen LogP contribution in [0.25, 0.3) is 0 Å². The standard InChI is InChI=1S/C31H53N3O40S5.7Na/c1-58-27-9(33)13(37)17(6(63-27)3-60-77(49,50)51)65-31-22(72-79(55,56)57)16(40)21(24(70-31)26(43)44)68-29-10(34)19(71-75-74-73-45)18(7(64-29)4-61-78(52,53)54)66-30-15(39)14(38)20(23(69-30)25(41)42)67-28-8(32)12(36)11(35)5(62-28)2-59-76(46,47)48;;;;;;;/h5-24,27-31,35-40,45H,2-4,32-34H2,1H3,(H,41,42)(H,43,44)(H,46,47,48)(H,49,50,51)(H,52,53,54)(H,55,56,57);;;;;;;/q;7*+1/p-7/t5?,6?,7?,8?,9?,10?,11-,12+,13+,14+,15?,16+,17-,18-,19+,20+,21+,22?,23?,24?,27+,28-,29-,30+,31+;;;;;;;/m0......./s1. The zero-order valence-corrected chi connectivity index (χ0v) is 64.0. The molecular formula is C31H46N3Na7O40S5. The van der Waals surface area contributed by atoms with Gasteiger partial charge in [0.05, 0.1) is 49.9 Å². The van der Waals surface area contributed by atoms with Gasteiger partial charge in [-0.15, -0.1) is 4.33 Å². The molecule has 0 aromatic rings. The first-order valence-electron chi connectivity index (χ1n) is 21.4. The number of aliphatic carboxylic acids is 2. The van der Waals surface area contributed by atoms with Crippen LogP contribution in [0.2, 0.25) is 0 Å². The third kappa shape index (κ3) is 27.2. The van der Waals surface area contributed by atoms with E-state index in [0.29, 0.717) is 0 Å². The Hall–Kier alpha value is 4.85. The molecule has 0 aromatic carbocycles. The fourth-order valence-corrected chi connectivity index (χ4v) is 9.85. The van der Waals surface area contributed by atoms with Crippen molar-refractivity contribution in [2.24, 2.45) is 17.2 Å². The van der Waals surface area contributed by atoms with E-state index in [-0.39, 0.29) is 207 Å². The molecule has 5 aliphatic heterocycles. The monoisotopic (exact) mass is 1420 g/mol. The van der Waals surface area contributed by atoms with Crippen molar-refractivity contribution in [3.63, 3.8) is 0 Å². The van der Waals surface area contributed by atoms with E-state index in [2.05, 4.69) is 26.1 Å². The van der Waals surface area contributed by atoms with Gasteiger partial charge in [0.2, 0.25) is 41.6 Å². The van der Waals surface area contributed by atoms with E-state index in [1.807, 2.05) is 0 Å². The minimum absolute atomic E-state index is 0. The summed E-state index contributed by atoms with van der Waals surface area (Å²) in [6, 6.07) is -5.89. The molecule has 25 atom stereocenters. The Balaban J connectivity index is -0.00000984. The summed E-state index contributed by atoms with van der Waals surface area (Å²) in [5, 5.41) is 105. The van der Waals surface area contributed by atoms with E-state index in [1.165, 1.54) is 0 Å². The van der Waals surface area contributed by atoms with Crippen LogP contribution in [0.5, 0.6) is 0 Å². The second-order valence-corrected chi connectivity index (χ2v) is 21.4. The number of carboxylic acid groups (broad SMARTS) is 2. The summed E-state index contributed by atoms with van der Waals surface area (Å²) < 4.78 is 218. The molecule has 5 fully saturated rings. The number of hydrogen-bond acceptors (Lipinski definition) is 44. The molecule has 5 rings (SSSR count). The number of aliphatic hydroxyl groups excluding tert-OH is 6. The number of hydrogen-bond donors (Lipinski definition) is 9. The molecule has 462 valence electrons. The molecule has 5 heterocycles. The fourth-order valence-electron chi connectivity index (χ4n) is 8.09. The maximum atomic E-state index is 12.7. The van der Waals surface area contributed by atoms with Crippen molar-refractivity contribution in [3.05, 3.63) is 0 Å². The van der Waals surface area contributed by atoms with E-state index in [4.69, 9.17) is 68.8 Å². The third-order valence-corrected chi connectivity index (χ3v) is 13.8. The number of aliphatic hydroxyl groups is 6. The Labute approximate surface area is 646 Å². The molecule has 10 unspecified atom stereocenters. The third-order valence-electron chi connectivity index (χ3n) is 11.7. The Morgan fingerprint density at radius 1 is 0.453 bits per heavy atom. The first-order valence-corrected chi connectivity index (χ1v) is 27.4. The summed E-state index contributed by atoms with van der Waals surface area (Å²) in [5.41, 5.74) is 18.0. The predicted octanol–water partition coefficient (Wildman–Crippen LogP) is -37.1. The van der Waals surface area contributed by atoms with Gasteiger partial charge in [0.1, 0.15) is 97.7 Å². The first kappa shape index (κ1) is 95.0. The van der Waals surface area contributed by atoms with Gasteiger partial charge in [0.25, 0.3) is 0 Å². The summed E-state index contributed by atoms with van der Waals surface area (Å²) >= 11 is -0.479. The number of ether oxygens (including phenoxy) is 10. The number of methoxy groups -OCH3 is 1. The van der Waals surface area contributed by atoms with E-state index in [9.17, 15) is 108 Å². The summed E-state index contributed by atoms with van der Waals surface area (Å²) in [7, 11) is -22.0. The number of rotatable bonds is 26. The van der Waals surface area contributed by atoms with Gasteiger partial charge < -0.3 is 138 Å². The normalized spacial score (nSPS) is 38.5. The minimum atomic E-state index is -6.12. The summed E-state index contributed by atoms with van der Waals surface area (Å²) in [6.07, 6.45) is -53.5. The molecule has 0 aliphatic carbocycles. The SMILES string of the molecule is CO[C@@H]1OC(COS(=O)(=O)[O-])[C@H](O[C@@H]2OC(C(=O)[O-])[C@H](O[C@@H]3OC(COS(=O)(=O)[O-])[C@H](O[C@@H]4OC(C(=O)[O-])[C@H](O[C@@H]5OC(COS(=O)(=O)[O-])[C@H](O)[C@H](O)C5N)[C@H](O)C4O)[C@H](OSOO[O-])C3N)[C@@H](O)C2OS(=O)(=O)[O-])[C@H](O)C1N.[Na+].[Na+].[Na+].[Na+].[Na+].[Na+].[Na+]. The average Bonchev–Trinajstić information content (AvgIpc) is 2.97. The van der Waals surface area contributed by atoms with Gasteiger partial charge in [0.15, 0.2) is 49.9 Å². The number of carbonyl (C=O) groups is 2. The molecule has 55 heteroatoms. The van der Waals surface area contributed by atoms with Crippen molar-refractivity contribution in [2.45, 2.75) is 153 Å². The predicted molar refractivity (Wildman–Crippen MR) is 216 cm³/mol. The second kappa shape index (κ2) is 41.4. The van der Waals surface area contributed by atoms with Gasteiger partial charge in [0, 0.05) is 7.11 Å². The molecule has 5 aliphatic rings. The van der Waals surface area contributed by atoms with E-state index < -0.39 is 239 Å². The van der Waals surface area contributed by atoms with Gasteiger partial charge in [-0.2, -0.15) is 0 Å². The Bertz CT molecular complexity index is 2520. The fraction of sp³-hybridized carbons (Fsp3) is 0.935. The molecule has 0 bridgehead atoms. The van der Waals surface area contributed by atoms with Crippen molar-refractivity contribution in [1.82, 2.24) is 0 Å². The van der Waals surface area contributed by atoms with Crippen LogP contribution >= 0.6 is 12.3 Å². The quantitative estimate of drug-likeness (QED) is 0.00738. The summed E-state index contributed by atoms with van der Waals surface area (Å²) in [6.45, 7) is -4.30. The Morgan fingerprint density at radius 2 is 0.849 bits per heavy atom. The van der Waals surface area contributed by atoms with Gasteiger partial charge in [-0.3, -0.25) is 26.0 Å². The Morgan fingerprint density at radius 3 is 1.30 bits per heavy atom. The van der Waals surface area contributed by atoms with Crippen molar-refractivity contribution in [1.29, 1.82) is 0 Å². The van der Waals surface area contributed by atoms with Crippen molar-refractivity contribution in [2.75, 3.05) is 26.9 Å². The maximum absolute atomic E-state index is 12.7. The Kier molecular flexibility index (Phi) is 45.8. The summed E-state index contributed by atoms with van der Waals surface area (Å²) in [5.74, 6) is -4.80. The zero-order chi connectivity index (χ0) is 59.4. The maximum Gasteiger partial charge on any atom is 1.00 e. The number of carboxylic acids is 2. The molecule has 86 heavy (non-hydrogen) atoms. The summed E-state index contributed by atoms with van der Waals surface area (Å²) in [4.78, 5) is 25.2. The molecule has 12 N–H and O–H groups in total. The average molecular weight is 1420 g/mol. The largest absolute Gasteiger partial charge is 1.00 e. The number of carbonyl (C=O) groups excluding carboxylic acids is 2. The van der Waals surface area contributed by atoms with Crippen LogP contribution in [0, 0.1) is 0 Å². The molecule has 43 nitrogen and oxygen atoms in total. The van der Waals surface area contributed by atoms with Crippen LogP contribution in [0.15, 0.2) is 0 Å². The molecule has 5 saturated heterocycles. The topological polar surface area (TPSA) is 688 Å². The van der Waals surface area contributed by atoms with Crippen LogP contribution < -0.4 is 240 Å². The van der Waals surface area contributed by atoms with Gasteiger partial charge in [-0.05, 0) is 0 Å². The zero-order valence-electron chi connectivity index (χ0n) is 45.9. The van der Waals surface area contributed by atoms with Crippen LogP contribution in [-0.4, -0.2) is 275 Å².